The molecule has 0 spiro atoms. The van der Waals surface area contributed by atoms with Crippen LogP contribution in [0, 0.1) is 0 Å². The van der Waals surface area contributed by atoms with Gasteiger partial charge in [0.2, 0.25) is 11.8 Å². The van der Waals surface area contributed by atoms with E-state index in [-0.39, 0.29) is 17.7 Å². The summed E-state index contributed by atoms with van der Waals surface area (Å²) in [6.45, 7) is 1.45. The highest BCUT2D eigenvalue weighted by molar-refractivity contribution is 6.00. The number of benzene rings is 1. The molecule has 0 bridgehead atoms. The van der Waals surface area contributed by atoms with Crippen LogP contribution in [0.3, 0.4) is 0 Å². The molecule has 0 radical (unpaired) electrons. The molecule has 2 amide bonds. The van der Waals surface area contributed by atoms with Crippen molar-refractivity contribution in [2.24, 2.45) is 5.11 Å². The summed E-state index contributed by atoms with van der Waals surface area (Å²) in [4.78, 5) is 25.6. The van der Waals surface area contributed by atoms with Gasteiger partial charge in [0, 0.05) is 17.9 Å². The van der Waals surface area contributed by atoms with E-state index in [0.717, 1.165) is 5.56 Å². The fourth-order valence-electron chi connectivity index (χ4n) is 2.28. The molecule has 1 heterocycles. The Morgan fingerprint density at radius 2 is 2.00 bits per heavy atom. The molecule has 1 fully saturated rings. The Morgan fingerprint density at radius 1 is 1.22 bits per heavy atom. The normalized spacial score (nSPS) is 17.3. The third kappa shape index (κ3) is 5.28. The number of hydrogen-bond acceptors (Lipinski definition) is 5. The smallest absolute Gasteiger partial charge is 0.234 e. The Kier molecular flexibility index (Phi) is 6.40. The molecule has 0 aromatic heterocycles. The van der Waals surface area contributed by atoms with Crippen LogP contribution < -0.4 is 10.1 Å². The molecule has 1 saturated heterocycles. The lowest BCUT2D eigenvalue weighted by molar-refractivity contribution is -0.134. The topological polar surface area (TPSA) is 113 Å². The summed E-state index contributed by atoms with van der Waals surface area (Å²) in [5.74, 6) is -0.0690. The van der Waals surface area contributed by atoms with E-state index in [1.54, 1.807) is 12.1 Å². The summed E-state index contributed by atoms with van der Waals surface area (Å²) in [6.07, 6.45) is 0.895. The van der Waals surface area contributed by atoms with Crippen LogP contribution in [-0.4, -0.2) is 38.2 Å². The zero-order valence-corrected chi connectivity index (χ0v) is 12.6. The van der Waals surface area contributed by atoms with Gasteiger partial charge in [0.15, 0.2) is 0 Å². The van der Waals surface area contributed by atoms with Gasteiger partial charge in [-0.15, -0.1) is 0 Å². The molecule has 2 rings (SSSR count). The monoisotopic (exact) mass is 318 g/mol. The van der Waals surface area contributed by atoms with Crippen LogP contribution in [0.25, 0.3) is 10.4 Å². The molecule has 0 saturated carbocycles. The first-order valence-corrected chi connectivity index (χ1v) is 7.36. The van der Waals surface area contributed by atoms with Gasteiger partial charge >= 0.3 is 0 Å². The van der Waals surface area contributed by atoms with Gasteiger partial charge in [-0.05, 0) is 29.6 Å². The van der Waals surface area contributed by atoms with E-state index in [1.807, 2.05) is 12.1 Å². The number of piperidine rings is 1. The maximum Gasteiger partial charge on any atom is 0.234 e. The number of carbonyl (C=O) groups excluding carboxylic acids is 2. The van der Waals surface area contributed by atoms with E-state index >= 15 is 0 Å². The van der Waals surface area contributed by atoms with Crippen molar-refractivity contribution in [3.8, 4) is 5.75 Å². The number of azide groups is 1. The number of hydrogen-bond donors (Lipinski definition) is 1. The number of rotatable bonds is 8. The van der Waals surface area contributed by atoms with Crippen LogP contribution in [0.5, 0.6) is 5.75 Å². The van der Waals surface area contributed by atoms with Crippen molar-refractivity contribution in [3.05, 3.63) is 40.3 Å². The molecule has 122 valence electrons. The Bertz CT molecular complexity index is 596. The predicted molar refractivity (Wildman–Crippen MR) is 81.9 cm³/mol. The van der Waals surface area contributed by atoms with E-state index in [9.17, 15) is 9.59 Å². The number of ether oxygens (including phenoxy) is 2. The fraction of sp³-hybridized carbons (Fsp3) is 0.467. The Balaban J connectivity index is 1.75. The average Bonchev–Trinajstić information content (AvgIpc) is 2.55. The summed E-state index contributed by atoms with van der Waals surface area (Å²) >= 11 is 0. The second-order valence-corrected chi connectivity index (χ2v) is 4.99. The molecule has 1 aliphatic heterocycles. The van der Waals surface area contributed by atoms with Gasteiger partial charge in [0.1, 0.15) is 12.4 Å². The van der Waals surface area contributed by atoms with Crippen molar-refractivity contribution < 1.29 is 19.1 Å². The lowest BCUT2D eigenvalue weighted by Crippen LogP contribution is -2.39. The lowest BCUT2D eigenvalue weighted by Gasteiger charge is -2.21. The molecule has 8 heteroatoms. The van der Waals surface area contributed by atoms with E-state index in [2.05, 4.69) is 15.3 Å². The quantitative estimate of drug-likeness (QED) is 0.259. The summed E-state index contributed by atoms with van der Waals surface area (Å²) in [5, 5.41) is 5.70. The van der Waals surface area contributed by atoms with Crippen molar-refractivity contribution >= 4 is 11.8 Å². The zero-order chi connectivity index (χ0) is 16.5. The molecule has 23 heavy (non-hydrogen) atoms. The summed E-state index contributed by atoms with van der Waals surface area (Å²) < 4.78 is 10.7. The predicted octanol–water partition coefficient (Wildman–Crippen LogP) is 1.91. The van der Waals surface area contributed by atoms with Crippen LogP contribution in [0.15, 0.2) is 29.4 Å². The highest BCUT2D eigenvalue weighted by Crippen LogP contribution is 2.26. The van der Waals surface area contributed by atoms with Crippen LogP contribution in [-0.2, 0) is 14.3 Å². The first-order chi connectivity index (χ1) is 11.2. The van der Waals surface area contributed by atoms with Gasteiger partial charge < -0.3 is 9.47 Å². The van der Waals surface area contributed by atoms with Gasteiger partial charge in [-0.3, -0.25) is 14.9 Å². The van der Waals surface area contributed by atoms with Gasteiger partial charge in [0.25, 0.3) is 0 Å². The van der Waals surface area contributed by atoms with Crippen LogP contribution in [0.4, 0.5) is 0 Å². The maximum atomic E-state index is 11.8. The van der Waals surface area contributed by atoms with Crippen LogP contribution in [0.2, 0.25) is 0 Å². The molecular formula is C15H18N4O4. The largest absolute Gasteiger partial charge is 0.491 e. The average molecular weight is 318 g/mol. The molecule has 1 aliphatic rings. The highest BCUT2D eigenvalue weighted by atomic mass is 16.5. The summed E-state index contributed by atoms with van der Waals surface area (Å²) in [7, 11) is 0. The minimum absolute atomic E-state index is 0.216. The van der Waals surface area contributed by atoms with Crippen LogP contribution >= 0.6 is 0 Å². The Morgan fingerprint density at radius 3 is 2.70 bits per heavy atom. The highest BCUT2D eigenvalue weighted by Gasteiger charge is 2.27. The van der Waals surface area contributed by atoms with Crippen LogP contribution in [0.1, 0.15) is 24.3 Å². The number of amides is 2. The number of nitrogens with zero attached hydrogens (tertiary/aromatic N) is 3. The van der Waals surface area contributed by atoms with E-state index in [0.29, 0.717) is 45.0 Å². The standard InChI is InChI=1S/C15H18N4O4/c16-19-17-7-8-22-9-10-23-12-3-1-11(2-4-12)13-5-6-14(20)18-15(13)21/h1-4,13H,5-10H2,(H,18,20,21). The van der Waals surface area contributed by atoms with Crippen molar-refractivity contribution in [2.75, 3.05) is 26.4 Å². The number of carbonyl (C=O) groups is 2. The van der Waals surface area contributed by atoms with Crippen molar-refractivity contribution in [1.82, 2.24) is 5.32 Å². The molecule has 1 unspecified atom stereocenters. The van der Waals surface area contributed by atoms with Crippen molar-refractivity contribution in [1.29, 1.82) is 0 Å². The molecule has 1 aromatic carbocycles. The summed E-state index contributed by atoms with van der Waals surface area (Å²) in [5.41, 5.74) is 8.97. The van der Waals surface area contributed by atoms with E-state index in [4.69, 9.17) is 15.0 Å². The van der Waals surface area contributed by atoms with E-state index in [1.165, 1.54) is 0 Å². The molecular weight excluding hydrogens is 300 g/mol. The zero-order valence-electron chi connectivity index (χ0n) is 12.6. The molecule has 0 aliphatic carbocycles. The van der Waals surface area contributed by atoms with Crippen molar-refractivity contribution in [3.63, 3.8) is 0 Å². The first-order valence-electron chi connectivity index (χ1n) is 7.36. The minimum Gasteiger partial charge on any atom is -0.491 e. The van der Waals surface area contributed by atoms with Gasteiger partial charge in [-0.1, -0.05) is 17.2 Å². The molecule has 1 aromatic rings. The van der Waals surface area contributed by atoms with Gasteiger partial charge in [-0.2, -0.15) is 0 Å². The molecule has 8 nitrogen and oxygen atoms in total. The van der Waals surface area contributed by atoms with E-state index < -0.39 is 0 Å². The third-order valence-corrected chi connectivity index (χ3v) is 3.42. The number of nitrogens with one attached hydrogen (secondary N) is 1. The Labute approximate surface area is 133 Å². The first kappa shape index (κ1) is 16.8. The number of imide groups is 1. The minimum atomic E-state index is -0.286. The molecule has 1 atom stereocenters. The van der Waals surface area contributed by atoms with Gasteiger partial charge in [0.05, 0.1) is 19.1 Å². The SMILES string of the molecule is [N-]=[N+]=NCCOCCOc1ccc(C2CCC(=O)NC2=O)cc1. The third-order valence-electron chi connectivity index (χ3n) is 3.42. The molecule has 1 N–H and O–H groups in total. The second-order valence-electron chi connectivity index (χ2n) is 4.99. The fourth-order valence-corrected chi connectivity index (χ4v) is 2.28. The summed E-state index contributed by atoms with van der Waals surface area (Å²) in [6, 6.07) is 7.24. The maximum absolute atomic E-state index is 11.8. The Hall–Kier alpha value is -2.57. The van der Waals surface area contributed by atoms with Gasteiger partial charge in [-0.25, -0.2) is 0 Å². The van der Waals surface area contributed by atoms with Crippen molar-refractivity contribution in [2.45, 2.75) is 18.8 Å². The lowest BCUT2D eigenvalue weighted by atomic mass is 9.90. The second kappa shape index (κ2) is 8.77.